The van der Waals surface area contributed by atoms with Crippen LogP contribution >= 0.6 is 0 Å². The lowest BCUT2D eigenvalue weighted by Gasteiger charge is -2.10. The summed E-state index contributed by atoms with van der Waals surface area (Å²) in [4.78, 5) is 23.3. The molecular formula is C19H20FNO4. The lowest BCUT2D eigenvalue weighted by atomic mass is 10.1. The van der Waals surface area contributed by atoms with Gasteiger partial charge in [0.1, 0.15) is 11.6 Å². The minimum atomic E-state index is -0.603. The summed E-state index contributed by atoms with van der Waals surface area (Å²) in [5, 5.41) is 2.34. The number of amides is 1. The van der Waals surface area contributed by atoms with Crippen molar-refractivity contribution in [3.8, 4) is 5.75 Å². The van der Waals surface area contributed by atoms with E-state index in [1.165, 1.54) is 18.2 Å². The first-order valence-corrected chi connectivity index (χ1v) is 7.86. The molecule has 0 radical (unpaired) electrons. The molecule has 0 fully saturated rings. The van der Waals surface area contributed by atoms with Crippen molar-refractivity contribution in [3.63, 3.8) is 0 Å². The molecule has 1 N–H and O–H groups in total. The van der Waals surface area contributed by atoms with Gasteiger partial charge in [0, 0.05) is 0 Å². The molecule has 0 saturated heterocycles. The smallest absolute Gasteiger partial charge is 0.309 e. The summed E-state index contributed by atoms with van der Waals surface area (Å²) in [6.07, 6.45) is 0.0142. The van der Waals surface area contributed by atoms with Gasteiger partial charge in [-0.3, -0.25) is 9.59 Å². The molecule has 0 bridgehead atoms. The van der Waals surface area contributed by atoms with Crippen LogP contribution in [-0.4, -0.2) is 25.1 Å². The topological polar surface area (TPSA) is 64.6 Å². The van der Waals surface area contributed by atoms with E-state index >= 15 is 0 Å². The fourth-order valence-corrected chi connectivity index (χ4v) is 2.07. The summed E-state index contributed by atoms with van der Waals surface area (Å²) in [7, 11) is 0. The zero-order valence-electron chi connectivity index (χ0n) is 14.2. The number of ether oxygens (including phenoxy) is 2. The molecule has 5 nitrogen and oxygen atoms in total. The summed E-state index contributed by atoms with van der Waals surface area (Å²) in [5.41, 5.74) is 2.08. The Labute approximate surface area is 145 Å². The Morgan fingerprint density at radius 2 is 1.88 bits per heavy atom. The van der Waals surface area contributed by atoms with Gasteiger partial charge in [-0.25, -0.2) is 4.39 Å². The minimum Gasteiger partial charge on any atom is -0.493 e. The number of carbonyl (C=O) groups is 2. The van der Waals surface area contributed by atoms with E-state index in [4.69, 9.17) is 9.47 Å². The fraction of sp³-hybridized carbons (Fsp3) is 0.263. The normalized spacial score (nSPS) is 10.2. The molecule has 2 rings (SSSR count). The standard InChI is InChI=1S/C19H20FNO4/c1-13-7-8-14(2)17(11-13)24-10-9-19(23)25-12-18(22)21-16-6-4-3-5-15(16)20/h3-8,11H,9-10,12H2,1-2H3,(H,21,22). The van der Waals surface area contributed by atoms with Crippen molar-refractivity contribution in [1.82, 2.24) is 0 Å². The highest BCUT2D eigenvalue weighted by atomic mass is 19.1. The van der Waals surface area contributed by atoms with Gasteiger partial charge in [0.15, 0.2) is 6.61 Å². The Bertz CT molecular complexity index is 761. The highest BCUT2D eigenvalue weighted by Crippen LogP contribution is 2.19. The van der Waals surface area contributed by atoms with E-state index in [0.29, 0.717) is 5.75 Å². The Balaban J connectivity index is 1.71. The van der Waals surface area contributed by atoms with Crippen molar-refractivity contribution in [2.24, 2.45) is 0 Å². The van der Waals surface area contributed by atoms with Gasteiger partial charge in [-0.05, 0) is 43.2 Å². The van der Waals surface area contributed by atoms with E-state index in [2.05, 4.69) is 5.32 Å². The first-order chi connectivity index (χ1) is 12.0. The zero-order chi connectivity index (χ0) is 18.2. The molecule has 0 aliphatic rings. The number of nitrogens with one attached hydrogen (secondary N) is 1. The van der Waals surface area contributed by atoms with Crippen LogP contribution in [0.4, 0.5) is 10.1 Å². The quantitative estimate of drug-likeness (QED) is 0.781. The highest BCUT2D eigenvalue weighted by Gasteiger charge is 2.10. The van der Waals surface area contributed by atoms with Gasteiger partial charge >= 0.3 is 5.97 Å². The number of para-hydroxylation sites is 1. The molecule has 0 unspecified atom stereocenters. The number of carbonyl (C=O) groups excluding carboxylic acids is 2. The molecule has 1 amide bonds. The Morgan fingerprint density at radius 3 is 2.64 bits per heavy atom. The van der Waals surface area contributed by atoms with Gasteiger partial charge in [-0.1, -0.05) is 24.3 Å². The van der Waals surface area contributed by atoms with Gasteiger partial charge in [-0.15, -0.1) is 0 Å². The van der Waals surface area contributed by atoms with Gasteiger partial charge in [0.2, 0.25) is 0 Å². The molecule has 2 aromatic rings. The van der Waals surface area contributed by atoms with Crippen LogP contribution in [0.2, 0.25) is 0 Å². The second-order valence-corrected chi connectivity index (χ2v) is 5.56. The maximum absolute atomic E-state index is 13.4. The molecule has 0 heterocycles. The largest absolute Gasteiger partial charge is 0.493 e. The second-order valence-electron chi connectivity index (χ2n) is 5.56. The predicted molar refractivity (Wildman–Crippen MR) is 92.0 cm³/mol. The average Bonchev–Trinajstić information content (AvgIpc) is 2.58. The zero-order valence-corrected chi connectivity index (χ0v) is 14.2. The summed E-state index contributed by atoms with van der Waals surface area (Å²) in [6.45, 7) is 3.55. The number of esters is 1. The second kappa shape index (κ2) is 8.82. The highest BCUT2D eigenvalue weighted by molar-refractivity contribution is 5.92. The van der Waals surface area contributed by atoms with Crippen LogP contribution in [-0.2, 0) is 14.3 Å². The lowest BCUT2D eigenvalue weighted by molar-refractivity contribution is -0.147. The summed E-state index contributed by atoms with van der Waals surface area (Å²) < 4.78 is 23.8. The molecule has 6 heteroatoms. The van der Waals surface area contributed by atoms with Crippen molar-refractivity contribution in [1.29, 1.82) is 0 Å². The maximum atomic E-state index is 13.4. The van der Waals surface area contributed by atoms with E-state index in [1.807, 2.05) is 32.0 Å². The molecule has 132 valence electrons. The molecule has 25 heavy (non-hydrogen) atoms. The van der Waals surface area contributed by atoms with Crippen LogP contribution in [0.25, 0.3) is 0 Å². The number of rotatable bonds is 7. The number of benzene rings is 2. The van der Waals surface area contributed by atoms with Crippen LogP contribution in [0.5, 0.6) is 5.75 Å². The molecule has 0 spiro atoms. The molecule has 2 aromatic carbocycles. The lowest BCUT2D eigenvalue weighted by Crippen LogP contribution is -2.22. The summed E-state index contributed by atoms with van der Waals surface area (Å²) >= 11 is 0. The molecule has 0 saturated carbocycles. The summed E-state index contributed by atoms with van der Waals surface area (Å²) in [5.74, 6) is -1.00. The molecule has 0 aliphatic carbocycles. The van der Waals surface area contributed by atoms with E-state index in [-0.39, 0.29) is 18.7 Å². The Morgan fingerprint density at radius 1 is 1.12 bits per heavy atom. The molecule has 0 aliphatic heterocycles. The SMILES string of the molecule is Cc1ccc(C)c(OCCC(=O)OCC(=O)Nc2ccccc2F)c1. The third-order valence-electron chi connectivity index (χ3n) is 3.42. The van der Waals surface area contributed by atoms with Crippen LogP contribution in [0.1, 0.15) is 17.5 Å². The number of hydrogen-bond acceptors (Lipinski definition) is 4. The third-order valence-corrected chi connectivity index (χ3v) is 3.42. The van der Waals surface area contributed by atoms with E-state index in [1.54, 1.807) is 6.07 Å². The summed E-state index contributed by atoms with van der Waals surface area (Å²) in [6, 6.07) is 11.6. The van der Waals surface area contributed by atoms with Crippen LogP contribution in [0, 0.1) is 19.7 Å². The van der Waals surface area contributed by atoms with Gasteiger partial charge < -0.3 is 14.8 Å². The van der Waals surface area contributed by atoms with Crippen molar-refractivity contribution in [2.45, 2.75) is 20.3 Å². The predicted octanol–water partition coefficient (Wildman–Crippen LogP) is 3.39. The van der Waals surface area contributed by atoms with Crippen molar-refractivity contribution in [3.05, 3.63) is 59.4 Å². The van der Waals surface area contributed by atoms with Crippen LogP contribution in [0.3, 0.4) is 0 Å². The van der Waals surface area contributed by atoms with E-state index in [9.17, 15) is 14.0 Å². The van der Waals surface area contributed by atoms with E-state index < -0.39 is 24.3 Å². The van der Waals surface area contributed by atoms with Crippen molar-refractivity contribution in [2.75, 3.05) is 18.5 Å². The van der Waals surface area contributed by atoms with Gasteiger partial charge in [0.25, 0.3) is 5.91 Å². The molecular weight excluding hydrogens is 325 g/mol. The first-order valence-electron chi connectivity index (χ1n) is 7.86. The van der Waals surface area contributed by atoms with E-state index in [0.717, 1.165) is 11.1 Å². The van der Waals surface area contributed by atoms with Crippen molar-refractivity contribution < 1.29 is 23.5 Å². The average molecular weight is 345 g/mol. The first kappa shape index (κ1) is 18.4. The number of hydrogen-bond donors (Lipinski definition) is 1. The van der Waals surface area contributed by atoms with Crippen LogP contribution in [0.15, 0.2) is 42.5 Å². The number of anilines is 1. The van der Waals surface area contributed by atoms with Crippen molar-refractivity contribution >= 4 is 17.6 Å². The Hall–Kier alpha value is -2.89. The van der Waals surface area contributed by atoms with Gasteiger partial charge in [-0.2, -0.15) is 0 Å². The number of halogens is 1. The Kier molecular flexibility index (Phi) is 6.51. The van der Waals surface area contributed by atoms with Crippen LogP contribution < -0.4 is 10.1 Å². The third kappa shape index (κ3) is 5.91. The molecule has 0 aromatic heterocycles. The monoisotopic (exact) mass is 345 g/mol. The fourth-order valence-electron chi connectivity index (χ4n) is 2.07. The number of aryl methyl sites for hydroxylation is 2. The minimum absolute atomic E-state index is 0.0142. The molecule has 0 atom stereocenters. The maximum Gasteiger partial charge on any atom is 0.309 e. The van der Waals surface area contributed by atoms with Gasteiger partial charge in [0.05, 0.1) is 18.7 Å².